The van der Waals surface area contributed by atoms with Crippen LogP contribution < -0.4 is 14.8 Å². The smallest absolute Gasteiger partial charge is 0.433 e. The average Bonchev–Trinajstić information content (AvgIpc) is 2.46. The van der Waals surface area contributed by atoms with Crippen molar-refractivity contribution in [1.82, 2.24) is 15.0 Å². The van der Waals surface area contributed by atoms with E-state index in [2.05, 4.69) is 20.3 Å². The maximum Gasteiger partial charge on any atom is 0.433 e. The molecule has 9 heteroatoms. The molecule has 1 N–H and O–H groups in total. The third-order valence-corrected chi connectivity index (χ3v) is 2.40. The van der Waals surface area contributed by atoms with Gasteiger partial charge in [-0.1, -0.05) is 0 Å². The van der Waals surface area contributed by atoms with Gasteiger partial charge in [-0.3, -0.25) is 4.98 Å². The van der Waals surface area contributed by atoms with Crippen LogP contribution in [0.2, 0.25) is 0 Å². The van der Waals surface area contributed by atoms with E-state index < -0.39 is 11.9 Å². The molecular formula is C12H11F3N4O2. The van der Waals surface area contributed by atoms with Crippen molar-refractivity contribution in [1.29, 1.82) is 0 Å². The lowest BCUT2D eigenvalue weighted by Gasteiger charge is -2.10. The number of ether oxygens (including phenoxy) is 2. The first-order chi connectivity index (χ1) is 9.92. The number of halogens is 3. The van der Waals surface area contributed by atoms with E-state index in [9.17, 15) is 13.2 Å². The van der Waals surface area contributed by atoms with Gasteiger partial charge in [-0.15, -0.1) is 0 Å². The molecule has 0 radical (unpaired) electrons. The van der Waals surface area contributed by atoms with E-state index in [0.29, 0.717) is 0 Å². The topological polar surface area (TPSA) is 69.2 Å². The zero-order valence-corrected chi connectivity index (χ0v) is 11.1. The summed E-state index contributed by atoms with van der Waals surface area (Å²) in [5.41, 5.74) is -0.866. The summed E-state index contributed by atoms with van der Waals surface area (Å²) in [5, 5.41) is 2.64. The molecule has 0 saturated carbocycles. The average molecular weight is 300 g/mol. The third kappa shape index (κ3) is 3.71. The fourth-order valence-corrected chi connectivity index (χ4v) is 1.46. The van der Waals surface area contributed by atoms with Crippen LogP contribution in [0.4, 0.5) is 24.8 Å². The van der Waals surface area contributed by atoms with Crippen LogP contribution in [0.15, 0.2) is 24.4 Å². The van der Waals surface area contributed by atoms with Crippen molar-refractivity contribution in [2.24, 2.45) is 0 Å². The second kappa shape index (κ2) is 5.81. The highest BCUT2D eigenvalue weighted by atomic mass is 19.4. The van der Waals surface area contributed by atoms with Crippen LogP contribution in [0.1, 0.15) is 5.69 Å². The summed E-state index contributed by atoms with van der Waals surface area (Å²) in [4.78, 5) is 11.2. The highest BCUT2D eigenvalue weighted by Crippen LogP contribution is 2.29. The van der Waals surface area contributed by atoms with Gasteiger partial charge < -0.3 is 14.8 Å². The summed E-state index contributed by atoms with van der Waals surface area (Å²) in [5.74, 6) is 0.481. The molecular weight excluding hydrogens is 289 g/mol. The summed E-state index contributed by atoms with van der Waals surface area (Å²) in [6.45, 7) is 0. The number of rotatable bonds is 4. The summed E-state index contributed by atoms with van der Waals surface area (Å²) < 4.78 is 47.6. The molecule has 6 nitrogen and oxygen atoms in total. The molecule has 0 aromatic carbocycles. The van der Waals surface area contributed by atoms with Crippen molar-refractivity contribution in [3.63, 3.8) is 0 Å². The van der Waals surface area contributed by atoms with Crippen LogP contribution in [0, 0.1) is 0 Å². The Bertz CT molecular complexity index is 612. The lowest BCUT2D eigenvalue weighted by Crippen LogP contribution is -2.08. The van der Waals surface area contributed by atoms with E-state index in [1.54, 1.807) is 0 Å². The SMILES string of the molecule is COc1cc(OC)nc(Nc2ccnc(C(F)(F)F)c2)n1. The third-order valence-electron chi connectivity index (χ3n) is 2.40. The Morgan fingerprint density at radius 3 is 2.19 bits per heavy atom. The number of anilines is 2. The van der Waals surface area contributed by atoms with Gasteiger partial charge in [0.25, 0.3) is 0 Å². The molecule has 2 aromatic heterocycles. The maximum absolute atomic E-state index is 12.6. The van der Waals surface area contributed by atoms with Crippen LogP contribution in [0.3, 0.4) is 0 Å². The predicted molar refractivity (Wildman–Crippen MR) is 67.7 cm³/mol. The van der Waals surface area contributed by atoms with Crippen LogP contribution >= 0.6 is 0 Å². The molecule has 0 fully saturated rings. The Balaban J connectivity index is 2.30. The predicted octanol–water partition coefficient (Wildman–Crippen LogP) is 2.65. The van der Waals surface area contributed by atoms with Crippen molar-refractivity contribution in [3.8, 4) is 11.8 Å². The van der Waals surface area contributed by atoms with Gasteiger partial charge in [-0.25, -0.2) is 0 Å². The Hall–Kier alpha value is -2.58. The Labute approximate surface area is 118 Å². The zero-order valence-electron chi connectivity index (χ0n) is 11.1. The summed E-state index contributed by atoms with van der Waals surface area (Å²) in [6.07, 6.45) is -3.48. The van der Waals surface area contributed by atoms with E-state index in [-0.39, 0.29) is 23.4 Å². The normalized spacial score (nSPS) is 11.1. The van der Waals surface area contributed by atoms with Gasteiger partial charge in [0, 0.05) is 11.9 Å². The van der Waals surface area contributed by atoms with Crippen LogP contribution in [-0.2, 0) is 6.18 Å². The van der Waals surface area contributed by atoms with Gasteiger partial charge in [-0.05, 0) is 12.1 Å². The molecule has 21 heavy (non-hydrogen) atoms. The molecule has 0 amide bonds. The Morgan fingerprint density at radius 1 is 1.05 bits per heavy atom. The molecule has 0 bridgehead atoms. The second-order valence-corrected chi connectivity index (χ2v) is 3.83. The first kappa shape index (κ1) is 14.8. The molecule has 0 saturated heterocycles. The Morgan fingerprint density at radius 2 is 1.67 bits per heavy atom. The Kier molecular flexibility index (Phi) is 4.10. The number of hydrogen-bond donors (Lipinski definition) is 1. The van der Waals surface area contributed by atoms with Crippen LogP contribution in [-0.4, -0.2) is 29.2 Å². The van der Waals surface area contributed by atoms with E-state index in [1.165, 1.54) is 26.4 Å². The fourth-order valence-electron chi connectivity index (χ4n) is 1.46. The van der Waals surface area contributed by atoms with Crippen LogP contribution in [0.5, 0.6) is 11.8 Å². The van der Waals surface area contributed by atoms with Crippen molar-refractivity contribution in [3.05, 3.63) is 30.1 Å². The van der Waals surface area contributed by atoms with Gasteiger partial charge in [0.05, 0.1) is 20.3 Å². The van der Waals surface area contributed by atoms with Gasteiger partial charge in [0.15, 0.2) is 0 Å². The highest BCUT2D eigenvalue weighted by Gasteiger charge is 2.32. The van der Waals surface area contributed by atoms with Gasteiger partial charge in [0.2, 0.25) is 17.7 Å². The van der Waals surface area contributed by atoms with Gasteiger partial charge in [0.1, 0.15) is 5.69 Å². The molecule has 2 heterocycles. The van der Waals surface area contributed by atoms with Gasteiger partial charge in [-0.2, -0.15) is 23.1 Å². The van der Waals surface area contributed by atoms with E-state index in [1.807, 2.05) is 0 Å². The van der Waals surface area contributed by atoms with Crippen molar-refractivity contribution in [2.45, 2.75) is 6.18 Å². The molecule has 0 aliphatic rings. The van der Waals surface area contributed by atoms with E-state index in [4.69, 9.17) is 9.47 Å². The van der Waals surface area contributed by atoms with Crippen molar-refractivity contribution < 1.29 is 22.6 Å². The first-order valence-corrected chi connectivity index (χ1v) is 5.69. The standard InChI is InChI=1S/C12H11F3N4O2/c1-20-9-6-10(21-2)19-11(18-9)17-7-3-4-16-8(5-7)12(13,14)15/h3-6H,1-2H3,(H,16,17,18,19). The lowest BCUT2D eigenvalue weighted by atomic mass is 10.3. The minimum absolute atomic E-state index is 0.0468. The second-order valence-electron chi connectivity index (χ2n) is 3.83. The molecule has 0 unspecified atom stereocenters. The number of nitrogens with one attached hydrogen (secondary N) is 1. The minimum atomic E-state index is -4.52. The molecule has 0 spiro atoms. The minimum Gasteiger partial charge on any atom is -0.481 e. The first-order valence-electron chi connectivity index (χ1n) is 5.69. The molecule has 2 rings (SSSR count). The number of hydrogen-bond acceptors (Lipinski definition) is 6. The zero-order chi connectivity index (χ0) is 15.5. The van der Waals surface area contributed by atoms with Gasteiger partial charge >= 0.3 is 6.18 Å². The summed E-state index contributed by atoms with van der Waals surface area (Å²) in [6, 6.07) is 3.67. The molecule has 2 aromatic rings. The van der Waals surface area contributed by atoms with E-state index >= 15 is 0 Å². The lowest BCUT2D eigenvalue weighted by molar-refractivity contribution is -0.141. The molecule has 0 aliphatic heterocycles. The van der Waals surface area contributed by atoms with Crippen LogP contribution in [0.25, 0.3) is 0 Å². The quantitative estimate of drug-likeness (QED) is 0.936. The molecule has 0 aliphatic carbocycles. The molecule has 112 valence electrons. The van der Waals surface area contributed by atoms with Crippen molar-refractivity contribution in [2.75, 3.05) is 19.5 Å². The van der Waals surface area contributed by atoms with E-state index in [0.717, 1.165) is 12.3 Å². The largest absolute Gasteiger partial charge is 0.481 e. The number of aromatic nitrogens is 3. The summed E-state index contributed by atoms with van der Waals surface area (Å²) in [7, 11) is 2.81. The molecule has 0 atom stereocenters. The highest BCUT2D eigenvalue weighted by molar-refractivity contribution is 5.54. The number of pyridine rings is 1. The number of alkyl halides is 3. The number of nitrogens with zero attached hydrogens (tertiary/aromatic N) is 3. The fraction of sp³-hybridized carbons (Fsp3) is 0.250. The monoisotopic (exact) mass is 300 g/mol. The summed E-state index contributed by atoms with van der Waals surface area (Å²) >= 11 is 0. The van der Waals surface area contributed by atoms with Crippen molar-refractivity contribution >= 4 is 11.6 Å². The number of methoxy groups -OCH3 is 2. The maximum atomic E-state index is 12.6.